The molecule has 0 aliphatic carbocycles. The Kier molecular flexibility index (Phi) is 7.11. The van der Waals surface area contributed by atoms with Crippen LogP contribution in [-0.2, 0) is 0 Å². The summed E-state index contributed by atoms with van der Waals surface area (Å²) in [7, 11) is 0. The van der Waals surface area contributed by atoms with E-state index in [1.807, 2.05) is 0 Å². The number of benzene rings is 4. The maximum absolute atomic E-state index is 12.0. The van der Waals surface area contributed by atoms with Gasteiger partial charge in [-0.05, 0) is 18.2 Å². The molecule has 0 spiro atoms. The van der Waals surface area contributed by atoms with E-state index >= 15 is 0 Å². The summed E-state index contributed by atoms with van der Waals surface area (Å²) in [5, 5.41) is 65.5. The van der Waals surface area contributed by atoms with Gasteiger partial charge in [-0.15, -0.1) is 0 Å². The van der Waals surface area contributed by atoms with Crippen LogP contribution in [-0.4, -0.2) is 47.3 Å². The molecule has 0 atom stereocenters. The van der Waals surface area contributed by atoms with Gasteiger partial charge in [0.2, 0.25) is 17.2 Å². The first-order valence-corrected chi connectivity index (χ1v) is 10.0. The van der Waals surface area contributed by atoms with Gasteiger partial charge in [0.25, 0.3) is 0 Å². The highest BCUT2D eigenvalue weighted by atomic mass is 16.3. The van der Waals surface area contributed by atoms with Gasteiger partial charge in [-0.1, -0.05) is 60.7 Å². The third-order valence-corrected chi connectivity index (χ3v) is 4.92. The molecule has 0 aliphatic rings. The van der Waals surface area contributed by atoms with Crippen LogP contribution in [0.5, 0.6) is 40.2 Å². The first-order valence-electron chi connectivity index (χ1n) is 10.0. The fourth-order valence-electron chi connectivity index (χ4n) is 3.05. The minimum Gasteiger partial charge on any atom is -0.504 e. The van der Waals surface area contributed by atoms with Gasteiger partial charge >= 0.3 is 0 Å². The number of carbonyl (C=O) groups excluding carboxylic acids is 2. The third-order valence-electron chi connectivity index (χ3n) is 4.92. The standard InChI is InChI=1S/C13H10O5.C13H10O4/c14-9-6-8(11(16)13(18)12(9)17)10(15)7-4-2-1-3-5-7;14-10-7-6-9(12(16)13(10)17)11(15)8-4-2-1-3-5-8/h1-6,14,16-18H;1-7,14,16-17H. The predicted octanol–water partition coefficient (Wildman–Crippen LogP) is 3.77. The molecule has 0 aliphatic heterocycles. The van der Waals surface area contributed by atoms with Crippen molar-refractivity contribution in [3.63, 3.8) is 0 Å². The van der Waals surface area contributed by atoms with Gasteiger partial charge < -0.3 is 35.7 Å². The van der Waals surface area contributed by atoms with E-state index in [0.717, 1.165) is 12.1 Å². The molecule has 0 fully saturated rings. The van der Waals surface area contributed by atoms with Crippen molar-refractivity contribution in [2.75, 3.05) is 0 Å². The maximum Gasteiger partial charge on any atom is 0.205 e. The number of carbonyl (C=O) groups is 2. The molecule has 0 bridgehead atoms. The average molecular weight is 476 g/mol. The molecule has 0 unspecified atom stereocenters. The molecule has 0 amide bonds. The summed E-state index contributed by atoms with van der Waals surface area (Å²) in [6.45, 7) is 0. The summed E-state index contributed by atoms with van der Waals surface area (Å²) in [5.41, 5.74) is 0.352. The second kappa shape index (κ2) is 10.2. The summed E-state index contributed by atoms with van der Waals surface area (Å²) in [4.78, 5) is 24.0. The van der Waals surface area contributed by atoms with Crippen molar-refractivity contribution < 1.29 is 45.3 Å². The summed E-state index contributed by atoms with van der Waals surface area (Å²) in [6.07, 6.45) is 0. The van der Waals surface area contributed by atoms with E-state index in [2.05, 4.69) is 0 Å². The number of hydrogen-bond donors (Lipinski definition) is 7. The minimum atomic E-state index is -0.922. The van der Waals surface area contributed by atoms with Crippen LogP contribution in [0.25, 0.3) is 0 Å². The molecular weight excluding hydrogens is 456 g/mol. The number of phenols is 7. The van der Waals surface area contributed by atoms with Crippen LogP contribution >= 0.6 is 0 Å². The van der Waals surface area contributed by atoms with Gasteiger partial charge in [-0.3, -0.25) is 9.59 Å². The fraction of sp³-hybridized carbons (Fsp3) is 0. The molecule has 178 valence electrons. The number of hydrogen-bond acceptors (Lipinski definition) is 9. The summed E-state index contributed by atoms with van der Waals surface area (Å²) >= 11 is 0. The molecule has 9 nitrogen and oxygen atoms in total. The molecule has 4 rings (SSSR count). The molecule has 4 aromatic rings. The van der Waals surface area contributed by atoms with Crippen LogP contribution in [0.3, 0.4) is 0 Å². The SMILES string of the molecule is O=C(c1ccccc1)c1cc(O)c(O)c(O)c1O.O=C(c1ccccc1)c1ccc(O)c(O)c1O. The lowest BCUT2D eigenvalue weighted by molar-refractivity contribution is 0.102. The second-order valence-electron chi connectivity index (χ2n) is 7.21. The lowest BCUT2D eigenvalue weighted by atomic mass is 10.0. The Bertz CT molecular complexity index is 1380. The molecule has 4 aromatic carbocycles. The van der Waals surface area contributed by atoms with E-state index in [0.29, 0.717) is 5.56 Å². The number of phenolic OH excluding ortho intramolecular Hbond substituents is 7. The zero-order chi connectivity index (χ0) is 25.7. The summed E-state index contributed by atoms with van der Waals surface area (Å²) in [6, 6.07) is 19.8. The molecule has 0 saturated heterocycles. The second-order valence-corrected chi connectivity index (χ2v) is 7.21. The molecule has 0 saturated carbocycles. The smallest absolute Gasteiger partial charge is 0.205 e. The van der Waals surface area contributed by atoms with E-state index < -0.39 is 51.8 Å². The topological polar surface area (TPSA) is 176 Å². The van der Waals surface area contributed by atoms with Crippen LogP contribution < -0.4 is 0 Å². The van der Waals surface area contributed by atoms with E-state index in [1.54, 1.807) is 48.5 Å². The Morgan fingerprint density at radius 1 is 0.429 bits per heavy atom. The van der Waals surface area contributed by atoms with Crippen molar-refractivity contribution >= 4 is 11.6 Å². The Balaban J connectivity index is 0.000000196. The van der Waals surface area contributed by atoms with Gasteiger partial charge in [0, 0.05) is 11.1 Å². The van der Waals surface area contributed by atoms with Crippen molar-refractivity contribution in [2.24, 2.45) is 0 Å². The predicted molar refractivity (Wildman–Crippen MR) is 124 cm³/mol. The molecule has 7 N–H and O–H groups in total. The van der Waals surface area contributed by atoms with Crippen LogP contribution in [0.15, 0.2) is 78.9 Å². The largest absolute Gasteiger partial charge is 0.504 e. The van der Waals surface area contributed by atoms with Gasteiger partial charge in [-0.25, -0.2) is 0 Å². The van der Waals surface area contributed by atoms with E-state index in [4.69, 9.17) is 5.11 Å². The lowest BCUT2D eigenvalue weighted by Gasteiger charge is -2.08. The Hall–Kier alpha value is -5.18. The van der Waals surface area contributed by atoms with Crippen LogP contribution in [0, 0.1) is 0 Å². The first kappa shape index (κ1) is 24.5. The van der Waals surface area contributed by atoms with Crippen molar-refractivity contribution in [3.05, 3.63) is 101 Å². The number of ketones is 2. The van der Waals surface area contributed by atoms with Gasteiger partial charge in [0.05, 0.1) is 11.1 Å². The third kappa shape index (κ3) is 5.09. The van der Waals surface area contributed by atoms with Crippen molar-refractivity contribution in [1.82, 2.24) is 0 Å². The average Bonchev–Trinajstić information content (AvgIpc) is 2.89. The molecule has 0 aromatic heterocycles. The van der Waals surface area contributed by atoms with Crippen molar-refractivity contribution in [2.45, 2.75) is 0 Å². The van der Waals surface area contributed by atoms with Crippen LogP contribution in [0.1, 0.15) is 31.8 Å². The zero-order valence-corrected chi connectivity index (χ0v) is 18.0. The molecule has 9 heteroatoms. The van der Waals surface area contributed by atoms with Gasteiger partial charge in [0.15, 0.2) is 34.6 Å². The highest BCUT2D eigenvalue weighted by Gasteiger charge is 2.22. The van der Waals surface area contributed by atoms with E-state index in [1.165, 1.54) is 18.2 Å². The molecule has 0 radical (unpaired) electrons. The minimum absolute atomic E-state index is 0.0495. The highest BCUT2D eigenvalue weighted by molar-refractivity contribution is 6.12. The quantitative estimate of drug-likeness (QED) is 0.131. The normalized spacial score (nSPS) is 10.2. The Morgan fingerprint density at radius 2 is 0.857 bits per heavy atom. The van der Waals surface area contributed by atoms with Gasteiger partial charge in [0.1, 0.15) is 0 Å². The molecule has 35 heavy (non-hydrogen) atoms. The molecule has 0 heterocycles. The summed E-state index contributed by atoms with van der Waals surface area (Å²) < 4.78 is 0. The number of aromatic hydroxyl groups is 7. The number of rotatable bonds is 4. The monoisotopic (exact) mass is 476 g/mol. The Morgan fingerprint density at radius 3 is 1.37 bits per heavy atom. The highest BCUT2D eigenvalue weighted by Crippen LogP contribution is 2.44. The Labute approximate surface area is 198 Å². The van der Waals surface area contributed by atoms with E-state index in [9.17, 15) is 40.2 Å². The zero-order valence-electron chi connectivity index (χ0n) is 18.0. The van der Waals surface area contributed by atoms with E-state index in [-0.39, 0.29) is 16.7 Å². The first-order chi connectivity index (χ1) is 16.6. The van der Waals surface area contributed by atoms with Gasteiger partial charge in [-0.2, -0.15) is 0 Å². The maximum atomic E-state index is 12.0. The summed E-state index contributed by atoms with van der Waals surface area (Å²) in [5.74, 6) is -5.98. The van der Waals surface area contributed by atoms with Crippen molar-refractivity contribution in [3.8, 4) is 40.2 Å². The van der Waals surface area contributed by atoms with Crippen molar-refractivity contribution in [1.29, 1.82) is 0 Å². The fourth-order valence-corrected chi connectivity index (χ4v) is 3.05. The molecular formula is C26H20O9. The van der Waals surface area contributed by atoms with Crippen LogP contribution in [0.2, 0.25) is 0 Å². The van der Waals surface area contributed by atoms with Crippen LogP contribution in [0.4, 0.5) is 0 Å². The lowest BCUT2D eigenvalue weighted by Crippen LogP contribution is -2.01.